The van der Waals surface area contributed by atoms with Crippen molar-refractivity contribution in [1.29, 1.82) is 0 Å². The van der Waals surface area contributed by atoms with Crippen molar-refractivity contribution in [1.82, 2.24) is 14.9 Å². The van der Waals surface area contributed by atoms with E-state index in [0.29, 0.717) is 23.2 Å². The molecule has 2 heterocycles. The number of carbonyl (C=O) groups is 1. The molecule has 1 fully saturated rings. The zero-order chi connectivity index (χ0) is 14.0. The highest BCUT2D eigenvalue weighted by Gasteiger charge is 2.24. The maximum Gasteiger partial charge on any atom is 0.156 e. The molecule has 1 aromatic heterocycles. The van der Waals surface area contributed by atoms with Gasteiger partial charge in [0.05, 0.1) is 5.56 Å². The molecule has 19 heavy (non-hydrogen) atoms. The van der Waals surface area contributed by atoms with Gasteiger partial charge in [0.15, 0.2) is 6.29 Å². The van der Waals surface area contributed by atoms with Crippen molar-refractivity contribution in [3.05, 3.63) is 16.5 Å². The van der Waals surface area contributed by atoms with Gasteiger partial charge in [-0.1, -0.05) is 11.6 Å². The summed E-state index contributed by atoms with van der Waals surface area (Å²) < 4.78 is 0. The first kappa shape index (κ1) is 14.2. The molecule has 0 spiro atoms. The number of hydrogen-bond donors (Lipinski definition) is 0. The van der Waals surface area contributed by atoms with Gasteiger partial charge in [-0.2, -0.15) is 0 Å². The molecule has 0 aromatic carbocycles. The number of carbonyl (C=O) groups excluding carboxylic acids is 1. The van der Waals surface area contributed by atoms with Gasteiger partial charge >= 0.3 is 0 Å². The third kappa shape index (κ3) is 3.04. The third-order valence-corrected chi connectivity index (χ3v) is 3.91. The average molecular weight is 283 g/mol. The molecular formula is C13H19ClN4O. The van der Waals surface area contributed by atoms with Gasteiger partial charge in [-0.05, 0) is 33.4 Å². The number of nitrogens with zero attached hydrogens (tertiary/aromatic N) is 4. The van der Waals surface area contributed by atoms with Gasteiger partial charge in [0.25, 0.3) is 0 Å². The van der Waals surface area contributed by atoms with Crippen LogP contribution in [-0.2, 0) is 0 Å². The van der Waals surface area contributed by atoms with E-state index < -0.39 is 0 Å². The van der Waals surface area contributed by atoms with Crippen LogP contribution in [0.25, 0.3) is 0 Å². The van der Waals surface area contributed by atoms with E-state index in [0.717, 1.165) is 19.4 Å². The van der Waals surface area contributed by atoms with Crippen LogP contribution in [0.2, 0.25) is 5.15 Å². The molecule has 0 aliphatic carbocycles. The number of likely N-dealkylation sites (tertiary alicyclic amines) is 1. The zero-order valence-corrected chi connectivity index (χ0v) is 12.3. The molecular weight excluding hydrogens is 264 g/mol. The number of halogens is 1. The molecule has 0 N–H and O–H groups in total. The Balaban J connectivity index is 2.22. The van der Waals surface area contributed by atoms with Crippen molar-refractivity contribution >= 4 is 23.7 Å². The predicted molar refractivity (Wildman–Crippen MR) is 76.1 cm³/mol. The topological polar surface area (TPSA) is 49.3 Å². The minimum Gasteiger partial charge on any atom is -0.357 e. The number of aromatic nitrogens is 2. The summed E-state index contributed by atoms with van der Waals surface area (Å²) in [5.74, 6) is 1.20. The summed E-state index contributed by atoms with van der Waals surface area (Å²) in [6.07, 6.45) is 3.13. The van der Waals surface area contributed by atoms with Crippen molar-refractivity contribution in [2.75, 3.05) is 32.1 Å². The molecule has 104 valence electrons. The third-order valence-electron chi connectivity index (χ3n) is 3.63. The Morgan fingerprint density at radius 1 is 1.53 bits per heavy atom. The van der Waals surface area contributed by atoms with Crippen molar-refractivity contribution in [2.24, 2.45) is 0 Å². The lowest BCUT2D eigenvalue weighted by Crippen LogP contribution is -2.37. The summed E-state index contributed by atoms with van der Waals surface area (Å²) in [5, 5.41) is 0.226. The number of anilines is 1. The lowest BCUT2D eigenvalue weighted by Gasteiger charge is -2.27. The minimum absolute atomic E-state index is 0.226. The lowest BCUT2D eigenvalue weighted by atomic mass is 10.2. The minimum atomic E-state index is 0.226. The first-order valence-electron chi connectivity index (χ1n) is 6.43. The summed E-state index contributed by atoms with van der Waals surface area (Å²) in [7, 11) is 4.07. The highest BCUT2D eigenvalue weighted by molar-refractivity contribution is 6.32. The Labute approximate surface area is 118 Å². The average Bonchev–Trinajstić information content (AvgIpc) is 2.74. The molecule has 1 aliphatic rings. The second-order valence-electron chi connectivity index (χ2n) is 5.07. The predicted octanol–water partition coefficient (Wildman–Crippen LogP) is 1.78. The molecule has 1 atom stereocenters. The van der Waals surface area contributed by atoms with Gasteiger partial charge in [0.1, 0.15) is 16.8 Å². The summed E-state index contributed by atoms with van der Waals surface area (Å²) >= 11 is 6.00. The van der Waals surface area contributed by atoms with E-state index >= 15 is 0 Å². The molecule has 1 aromatic rings. The van der Waals surface area contributed by atoms with Crippen LogP contribution in [0.4, 0.5) is 5.82 Å². The van der Waals surface area contributed by atoms with E-state index in [2.05, 4.69) is 21.9 Å². The fraction of sp³-hybridized carbons (Fsp3) is 0.615. The normalized spacial score (nSPS) is 19.7. The second kappa shape index (κ2) is 5.84. The van der Waals surface area contributed by atoms with Crippen LogP contribution >= 0.6 is 11.6 Å². The Hall–Kier alpha value is -1.20. The molecule has 0 bridgehead atoms. The van der Waals surface area contributed by atoms with Crippen LogP contribution in [-0.4, -0.2) is 54.4 Å². The van der Waals surface area contributed by atoms with E-state index in [1.807, 2.05) is 11.9 Å². The number of hydrogen-bond acceptors (Lipinski definition) is 5. The van der Waals surface area contributed by atoms with Gasteiger partial charge < -0.3 is 9.80 Å². The maximum absolute atomic E-state index is 11.2. The Morgan fingerprint density at radius 3 is 2.84 bits per heavy atom. The Morgan fingerprint density at radius 2 is 2.26 bits per heavy atom. The standard InChI is InChI=1S/C13H19ClN4O/c1-9-15-12(14)11(8-19)13(16-9)18(3)7-10-5-4-6-17(10)2/h8,10H,4-7H2,1-3H3. The van der Waals surface area contributed by atoms with Crippen LogP contribution in [0.3, 0.4) is 0 Å². The second-order valence-corrected chi connectivity index (χ2v) is 5.43. The largest absolute Gasteiger partial charge is 0.357 e. The number of aryl methyl sites for hydroxylation is 1. The Kier molecular flexibility index (Phi) is 4.37. The monoisotopic (exact) mass is 282 g/mol. The zero-order valence-electron chi connectivity index (χ0n) is 11.6. The highest BCUT2D eigenvalue weighted by atomic mass is 35.5. The first-order chi connectivity index (χ1) is 9.02. The van der Waals surface area contributed by atoms with Crippen LogP contribution < -0.4 is 4.90 Å². The Bertz CT molecular complexity index is 480. The molecule has 2 rings (SSSR count). The van der Waals surface area contributed by atoms with Crippen LogP contribution in [0, 0.1) is 6.92 Å². The van der Waals surface area contributed by atoms with Gasteiger partial charge in [-0.25, -0.2) is 9.97 Å². The molecule has 0 amide bonds. The van der Waals surface area contributed by atoms with Crippen LogP contribution in [0.15, 0.2) is 0 Å². The molecule has 0 saturated carbocycles. The summed E-state index contributed by atoms with van der Waals surface area (Å²) in [6, 6.07) is 0.499. The lowest BCUT2D eigenvalue weighted by molar-refractivity contribution is 0.112. The van der Waals surface area contributed by atoms with Crippen molar-refractivity contribution < 1.29 is 4.79 Å². The van der Waals surface area contributed by atoms with E-state index in [4.69, 9.17) is 11.6 Å². The van der Waals surface area contributed by atoms with E-state index in [9.17, 15) is 4.79 Å². The highest BCUT2D eigenvalue weighted by Crippen LogP contribution is 2.24. The van der Waals surface area contributed by atoms with Gasteiger partial charge in [-0.15, -0.1) is 0 Å². The number of likely N-dealkylation sites (N-methyl/N-ethyl adjacent to an activating group) is 2. The fourth-order valence-electron chi connectivity index (χ4n) is 2.54. The molecule has 0 radical (unpaired) electrons. The molecule has 6 heteroatoms. The number of aldehydes is 1. The molecule has 1 saturated heterocycles. The van der Waals surface area contributed by atoms with E-state index in [-0.39, 0.29) is 5.15 Å². The fourth-order valence-corrected chi connectivity index (χ4v) is 2.79. The SMILES string of the molecule is Cc1nc(Cl)c(C=O)c(N(C)CC2CCCN2C)n1. The maximum atomic E-state index is 11.2. The van der Waals surface area contributed by atoms with Crippen molar-refractivity contribution in [3.8, 4) is 0 Å². The van der Waals surface area contributed by atoms with E-state index in [1.54, 1.807) is 6.92 Å². The first-order valence-corrected chi connectivity index (χ1v) is 6.81. The number of rotatable bonds is 4. The summed E-state index contributed by atoms with van der Waals surface area (Å²) in [4.78, 5) is 23.9. The van der Waals surface area contributed by atoms with Crippen molar-refractivity contribution in [3.63, 3.8) is 0 Å². The van der Waals surface area contributed by atoms with Crippen LogP contribution in [0.5, 0.6) is 0 Å². The van der Waals surface area contributed by atoms with Crippen LogP contribution in [0.1, 0.15) is 29.0 Å². The van der Waals surface area contributed by atoms with Gasteiger partial charge in [0, 0.05) is 19.6 Å². The quantitative estimate of drug-likeness (QED) is 0.622. The molecule has 1 unspecified atom stereocenters. The van der Waals surface area contributed by atoms with Gasteiger partial charge in [0.2, 0.25) is 0 Å². The van der Waals surface area contributed by atoms with Crippen molar-refractivity contribution in [2.45, 2.75) is 25.8 Å². The smallest absolute Gasteiger partial charge is 0.156 e. The van der Waals surface area contributed by atoms with E-state index in [1.165, 1.54) is 12.8 Å². The summed E-state index contributed by atoms with van der Waals surface area (Å²) in [5.41, 5.74) is 0.371. The van der Waals surface area contributed by atoms with Gasteiger partial charge in [-0.3, -0.25) is 4.79 Å². The molecule has 1 aliphatic heterocycles. The summed E-state index contributed by atoms with van der Waals surface area (Å²) in [6.45, 7) is 3.74. The molecule has 5 nitrogen and oxygen atoms in total.